The van der Waals surface area contributed by atoms with Gasteiger partial charge in [0.05, 0.1) is 16.6 Å². The van der Waals surface area contributed by atoms with Gasteiger partial charge in [0.15, 0.2) is 0 Å². The van der Waals surface area contributed by atoms with Gasteiger partial charge in [-0.05, 0) is 43.6 Å². The highest BCUT2D eigenvalue weighted by Crippen LogP contribution is 2.26. The normalized spacial score (nSPS) is 12.6. The lowest BCUT2D eigenvalue weighted by Gasteiger charge is -2.15. The van der Waals surface area contributed by atoms with Gasteiger partial charge in [0.1, 0.15) is 0 Å². The van der Waals surface area contributed by atoms with E-state index in [-0.39, 0.29) is 6.04 Å². The summed E-state index contributed by atoms with van der Waals surface area (Å²) in [6, 6.07) is 4.26. The van der Waals surface area contributed by atoms with Crippen LogP contribution in [0.5, 0.6) is 0 Å². The van der Waals surface area contributed by atoms with Gasteiger partial charge in [-0.1, -0.05) is 17.5 Å². The van der Waals surface area contributed by atoms with Crippen molar-refractivity contribution in [1.82, 2.24) is 19.9 Å². The van der Waals surface area contributed by atoms with E-state index in [1.54, 1.807) is 0 Å². The summed E-state index contributed by atoms with van der Waals surface area (Å²) in [5.74, 6) is 0. The van der Waals surface area contributed by atoms with Crippen LogP contribution in [0.4, 0.5) is 0 Å². The number of rotatable bonds is 4. The fraction of sp³-hybridized carbons (Fsp3) is 0.417. The summed E-state index contributed by atoms with van der Waals surface area (Å²) < 4.78 is 4.04. The van der Waals surface area contributed by atoms with Crippen LogP contribution in [0.15, 0.2) is 18.3 Å². The Balaban J connectivity index is 2.36. The van der Waals surface area contributed by atoms with Gasteiger partial charge in [0.25, 0.3) is 0 Å². The molecule has 17 heavy (non-hydrogen) atoms. The minimum atomic E-state index is 0.137. The molecule has 1 N–H and O–H groups in total. The summed E-state index contributed by atoms with van der Waals surface area (Å²) in [5.41, 5.74) is 3.25. The summed E-state index contributed by atoms with van der Waals surface area (Å²) in [4.78, 5) is 5.52. The highest BCUT2D eigenvalue weighted by Gasteiger charge is 2.18. The quantitative estimate of drug-likeness (QED) is 0.900. The van der Waals surface area contributed by atoms with Gasteiger partial charge in [-0.15, -0.1) is 5.10 Å². The molecule has 0 aliphatic carbocycles. The van der Waals surface area contributed by atoms with Gasteiger partial charge in [-0.3, -0.25) is 4.98 Å². The summed E-state index contributed by atoms with van der Waals surface area (Å²) >= 11 is 1.45. The lowest BCUT2D eigenvalue weighted by Crippen LogP contribution is -2.18. The molecular formula is C12H16N4S. The maximum Gasteiger partial charge on any atom is 0.0804 e. The molecule has 1 unspecified atom stereocenters. The highest BCUT2D eigenvalue weighted by atomic mass is 32.1. The molecule has 0 saturated carbocycles. The van der Waals surface area contributed by atoms with Crippen molar-refractivity contribution >= 4 is 11.5 Å². The van der Waals surface area contributed by atoms with E-state index in [2.05, 4.69) is 32.9 Å². The van der Waals surface area contributed by atoms with Crippen molar-refractivity contribution in [3.05, 3.63) is 40.2 Å². The zero-order valence-electron chi connectivity index (χ0n) is 10.3. The SMILES string of the molecule is CCc1nnsc1C(NC)c1ccc(C)nc1. The Morgan fingerprint density at radius 1 is 1.41 bits per heavy atom. The van der Waals surface area contributed by atoms with Crippen molar-refractivity contribution in [1.29, 1.82) is 0 Å². The first kappa shape index (κ1) is 12.1. The second-order valence-electron chi connectivity index (χ2n) is 3.89. The van der Waals surface area contributed by atoms with Crippen molar-refractivity contribution in [2.45, 2.75) is 26.3 Å². The molecule has 0 aliphatic heterocycles. The summed E-state index contributed by atoms with van der Waals surface area (Å²) in [6.07, 6.45) is 2.82. The van der Waals surface area contributed by atoms with Crippen molar-refractivity contribution in [3.8, 4) is 0 Å². The van der Waals surface area contributed by atoms with Gasteiger partial charge >= 0.3 is 0 Å². The Hall–Kier alpha value is -1.33. The first-order chi connectivity index (χ1) is 8.26. The third kappa shape index (κ3) is 2.50. The third-order valence-electron chi connectivity index (χ3n) is 2.74. The Morgan fingerprint density at radius 2 is 2.24 bits per heavy atom. The van der Waals surface area contributed by atoms with Crippen LogP contribution < -0.4 is 5.32 Å². The molecule has 5 heteroatoms. The smallest absolute Gasteiger partial charge is 0.0804 e. The molecule has 0 fully saturated rings. The minimum Gasteiger partial charge on any atom is -0.309 e. The van der Waals surface area contributed by atoms with Gasteiger partial charge in [0.2, 0.25) is 0 Å². The Bertz CT molecular complexity index is 478. The maximum absolute atomic E-state index is 4.34. The summed E-state index contributed by atoms with van der Waals surface area (Å²) in [5, 5.41) is 7.46. The Kier molecular flexibility index (Phi) is 3.81. The molecule has 0 amide bonds. The predicted octanol–water partition coefficient (Wildman–Crippen LogP) is 2.11. The largest absolute Gasteiger partial charge is 0.309 e. The van der Waals surface area contributed by atoms with E-state index in [0.29, 0.717) is 0 Å². The minimum absolute atomic E-state index is 0.137. The van der Waals surface area contributed by atoms with E-state index in [0.717, 1.165) is 23.4 Å². The van der Waals surface area contributed by atoms with Crippen LogP contribution in [0.2, 0.25) is 0 Å². The maximum atomic E-state index is 4.34. The average molecular weight is 248 g/mol. The van der Waals surface area contributed by atoms with Crippen LogP contribution in [0, 0.1) is 6.92 Å². The van der Waals surface area contributed by atoms with Crippen LogP contribution in [0.3, 0.4) is 0 Å². The lowest BCUT2D eigenvalue weighted by molar-refractivity contribution is 0.689. The first-order valence-corrected chi connectivity index (χ1v) is 6.44. The van der Waals surface area contributed by atoms with Gasteiger partial charge in [-0.25, -0.2) is 0 Å². The number of aromatic nitrogens is 3. The van der Waals surface area contributed by atoms with Gasteiger partial charge in [0, 0.05) is 11.9 Å². The zero-order valence-corrected chi connectivity index (χ0v) is 11.1. The molecular weight excluding hydrogens is 232 g/mol. The number of hydrogen-bond acceptors (Lipinski definition) is 5. The van der Waals surface area contributed by atoms with E-state index >= 15 is 0 Å². The summed E-state index contributed by atoms with van der Waals surface area (Å²) in [7, 11) is 1.95. The van der Waals surface area contributed by atoms with Crippen LogP contribution in [-0.2, 0) is 6.42 Å². The number of pyridine rings is 1. The number of nitrogens with one attached hydrogen (secondary N) is 1. The van der Waals surface area contributed by atoms with E-state index < -0.39 is 0 Å². The van der Waals surface area contributed by atoms with Gasteiger partial charge in [-0.2, -0.15) is 0 Å². The second-order valence-corrected chi connectivity index (χ2v) is 4.68. The van der Waals surface area contributed by atoms with E-state index in [4.69, 9.17) is 0 Å². The molecule has 1 atom stereocenters. The van der Waals surface area contributed by atoms with Gasteiger partial charge < -0.3 is 5.32 Å². The molecule has 4 nitrogen and oxygen atoms in total. The molecule has 0 radical (unpaired) electrons. The standard InChI is InChI=1S/C12H16N4S/c1-4-10-12(17-16-15-10)11(13-3)9-6-5-8(2)14-7-9/h5-7,11,13H,4H2,1-3H3. The Morgan fingerprint density at radius 3 is 2.82 bits per heavy atom. The van der Waals surface area contributed by atoms with E-state index in [1.807, 2.05) is 26.2 Å². The number of nitrogens with zero attached hydrogens (tertiary/aromatic N) is 3. The topological polar surface area (TPSA) is 50.7 Å². The highest BCUT2D eigenvalue weighted by molar-refractivity contribution is 7.05. The van der Waals surface area contributed by atoms with Crippen LogP contribution in [0.25, 0.3) is 0 Å². The molecule has 0 saturated heterocycles. The molecule has 2 rings (SSSR count). The monoisotopic (exact) mass is 248 g/mol. The fourth-order valence-electron chi connectivity index (χ4n) is 1.78. The predicted molar refractivity (Wildman–Crippen MR) is 69.2 cm³/mol. The molecule has 0 spiro atoms. The number of hydrogen-bond donors (Lipinski definition) is 1. The molecule has 0 aliphatic rings. The molecule has 0 bridgehead atoms. The second kappa shape index (κ2) is 5.33. The first-order valence-electron chi connectivity index (χ1n) is 5.67. The molecule has 2 heterocycles. The molecule has 0 aromatic carbocycles. The van der Waals surface area contributed by atoms with Crippen molar-refractivity contribution < 1.29 is 0 Å². The number of aryl methyl sites for hydroxylation is 2. The average Bonchev–Trinajstić information content (AvgIpc) is 2.81. The summed E-state index contributed by atoms with van der Waals surface area (Å²) in [6.45, 7) is 4.09. The molecule has 2 aromatic heterocycles. The van der Waals surface area contributed by atoms with Crippen LogP contribution in [-0.4, -0.2) is 21.6 Å². The lowest BCUT2D eigenvalue weighted by atomic mass is 10.1. The van der Waals surface area contributed by atoms with Crippen molar-refractivity contribution in [2.24, 2.45) is 0 Å². The van der Waals surface area contributed by atoms with E-state index in [1.165, 1.54) is 16.4 Å². The Labute approximate surface area is 105 Å². The fourth-order valence-corrected chi connectivity index (χ4v) is 2.66. The molecule has 90 valence electrons. The third-order valence-corrected chi connectivity index (χ3v) is 3.57. The zero-order chi connectivity index (χ0) is 12.3. The van der Waals surface area contributed by atoms with Crippen molar-refractivity contribution in [2.75, 3.05) is 7.05 Å². The van der Waals surface area contributed by atoms with E-state index in [9.17, 15) is 0 Å². The van der Waals surface area contributed by atoms with Crippen molar-refractivity contribution in [3.63, 3.8) is 0 Å². The molecule has 2 aromatic rings. The van der Waals surface area contributed by atoms with Crippen LogP contribution >= 0.6 is 11.5 Å². The van der Waals surface area contributed by atoms with Crippen LogP contribution in [0.1, 0.15) is 34.8 Å².